The lowest BCUT2D eigenvalue weighted by molar-refractivity contribution is 0.785. The van der Waals surface area contributed by atoms with Crippen molar-refractivity contribution in [2.75, 3.05) is 5.32 Å². The summed E-state index contributed by atoms with van der Waals surface area (Å²) < 4.78 is 1.64. The number of aromatic amines is 1. The van der Waals surface area contributed by atoms with E-state index in [1.54, 1.807) is 17.9 Å². The van der Waals surface area contributed by atoms with Gasteiger partial charge in [-0.15, -0.1) is 0 Å². The Bertz CT molecular complexity index is 714. The zero-order valence-corrected chi connectivity index (χ0v) is 10.5. The molecule has 3 aromatic rings. The molecule has 0 fully saturated rings. The molecule has 0 aliphatic rings. The van der Waals surface area contributed by atoms with Crippen molar-refractivity contribution in [1.29, 1.82) is 0 Å². The minimum absolute atomic E-state index is 0.167. The fourth-order valence-corrected chi connectivity index (χ4v) is 1.86. The Hall–Kier alpha value is -2.15. The third-order valence-corrected chi connectivity index (χ3v) is 2.69. The molecule has 0 aliphatic carbocycles. The Morgan fingerprint density at radius 1 is 1.39 bits per heavy atom. The first-order chi connectivity index (χ1) is 8.63. The molecule has 0 amide bonds. The number of aryl methyl sites for hydroxylation is 2. The van der Waals surface area contributed by atoms with Gasteiger partial charge >= 0.3 is 0 Å². The average molecular weight is 264 g/mol. The molecule has 0 saturated heterocycles. The SMILES string of the molecule is Cc1cc(Nc2nc(Cl)nc3c2cnn3C)n[nH]1. The molecule has 0 unspecified atom stereocenters. The fourth-order valence-electron chi connectivity index (χ4n) is 1.69. The number of hydrogen-bond acceptors (Lipinski definition) is 5. The summed E-state index contributed by atoms with van der Waals surface area (Å²) in [6, 6.07) is 1.87. The van der Waals surface area contributed by atoms with Crippen LogP contribution in [0, 0.1) is 6.92 Å². The summed E-state index contributed by atoms with van der Waals surface area (Å²) in [7, 11) is 1.80. The molecule has 92 valence electrons. The first-order valence-corrected chi connectivity index (χ1v) is 5.65. The zero-order valence-electron chi connectivity index (χ0n) is 9.77. The number of anilines is 2. The summed E-state index contributed by atoms with van der Waals surface area (Å²) in [5.74, 6) is 1.26. The predicted molar refractivity (Wildman–Crippen MR) is 67.9 cm³/mol. The van der Waals surface area contributed by atoms with Gasteiger partial charge in [-0.3, -0.25) is 9.78 Å². The second-order valence-electron chi connectivity index (χ2n) is 3.91. The van der Waals surface area contributed by atoms with E-state index in [-0.39, 0.29) is 5.28 Å². The van der Waals surface area contributed by atoms with Crippen molar-refractivity contribution in [3.8, 4) is 0 Å². The number of hydrogen-bond donors (Lipinski definition) is 2. The van der Waals surface area contributed by atoms with Gasteiger partial charge in [0.1, 0.15) is 5.82 Å². The summed E-state index contributed by atoms with van der Waals surface area (Å²) in [5.41, 5.74) is 1.63. The third kappa shape index (κ3) is 1.78. The summed E-state index contributed by atoms with van der Waals surface area (Å²) in [5, 5.41) is 15.1. The van der Waals surface area contributed by atoms with E-state index in [0.29, 0.717) is 17.3 Å². The lowest BCUT2D eigenvalue weighted by Gasteiger charge is -2.03. The van der Waals surface area contributed by atoms with Crippen LogP contribution in [0.25, 0.3) is 11.0 Å². The molecule has 3 heterocycles. The van der Waals surface area contributed by atoms with Crippen LogP contribution in [-0.4, -0.2) is 29.9 Å². The van der Waals surface area contributed by atoms with Gasteiger partial charge in [-0.05, 0) is 18.5 Å². The molecule has 18 heavy (non-hydrogen) atoms. The van der Waals surface area contributed by atoms with Crippen molar-refractivity contribution in [3.63, 3.8) is 0 Å². The maximum absolute atomic E-state index is 5.89. The Kier molecular flexibility index (Phi) is 2.41. The van der Waals surface area contributed by atoms with Crippen molar-refractivity contribution in [1.82, 2.24) is 29.9 Å². The highest BCUT2D eigenvalue weighted by molar-refractivity contribution is 6.28. The van der Waals surface area contributed by atoms with Crippen molar-refractivity contribution >= 4 is 34.3 Å². The first kappa shape index (κ1) is 11.0. The molecule has 0 atom stereocenters. The van der Waals surface area contributed by atoms with Gasteiger partial charge < -0.3 is 5.32 Å². The Balaban J connectivity index is 2.10. The maximum Gasteiger partial charge on any atom is 0.226 e. The molecule has 2 N–H and O–H groups in total. The monoisotopic (exact) mass is 263 g/mol. The van der Waals surface area contributed by atoms with Gasteiger partial charge in [-0.1, -0.05) is 0 Å². The van der Waals surface area contributed by atoms with Crippen LogP contribution in [0.15, 0.2) is 12.3 Å². The quantitative estimate of drug-likeness (QED) is 0.689. The van der Waals surface area contributed by atoms with Gasteiger partial charge in [0.25, 0.3) is 0 Å². The molecule has 0 saturated carbocycles. The highest BCUT2D eigenvalue weighted by Crippen LogP contribution is 2.23. The number of H-pyrrole nitrogens is 1. The number of nitrogens with one attached hydrogen (secondary N) is 2. The Morgan fingerprint density at radius 3 is 2.94 bits per heavy atom. The molecule has 8 heteroatoms. The highest BCUT2D eigenvalue weighted by atomic mass is 35.5. The molecule has 7 nitrogen and oxygen atoms in total. The Morgan fingerprint density at radius 2 is 2.22 bits per heavy atom. The molecule has 0 radical (unpaired) electrons. The van der Waals surface area contributed by atoms with Crippen LogP contribution >= 0.6 is 11.6 Å². The van der Waals surface area contributed by atoms with E-state index in [1.165, 1.54) is 0 Å². The molecular weight excluding hydrogens is 254 g/mol. The van der Waals surface area contributed by atoms with Crippen LogP contribution in [0.5, 0.6) is 0 Å². The number of halogens is 1. The van der Waals surface area contributed by atoms with Crippen LogP contribution in [0.4, 0.5) is 11.6 Å². The lowest BCUT2D eigenvalue weighted by Crippen LogP contribution is -1.98. The topological polar surface area (TPSA) is 84.3 Å². The second kappa shape index (κ2) is 3.95. The van der Waals surface area contributed by atoms with Gasteiger partial charge in [0.05, 0.1) is 11.6 Å². The molecular formula is C10H10ClN7. The standard InChI is InChI=1S/C10H10ClN7/c1-5-3-7(17-16-5)13-8-6-4-12-18(2)9(6)15-10(11)14-8/h3-4H,1-2H3,(H2,13,14,15,16,17). The summed E-state index contributed by atoms with van der Waals surface area (Å²) in [6.07, 6.45) is 1.69. The van der Waals surface area contributed by atoms with Gasteiger partial charge in [-0.25, -0.2) is 0 Å². The number of fused-ring (bicyclic) bond motifs is 1. The van der Waals surface area contributed by atoms with Gasteiger partial charge in [-0.2, -0.15) is 20.2 Å². The van der Waals surface area contributed by atoms with Crippen LogP contribution < -0.4 is 5.32 Å². The van der Waals surface area contributed by atoms with E-state index in [4.69, 9.17) is 11.6 Å². The normalized spacial score (nSPS) is 11.1. The summed E-state index contributed by atoms with van der Waals surface area (Å²) in [6.45, 7) is 1.92. The number of nitrogens with zero attached hydrogens (tertiary/aromatic N) is 5. The number of rotatable bonds is 2. The first-order valence-electron chi connectivity index (χ1n) is 5.28. The minimum atomic E-state index is 0.167. The van der Waals surface area contributed by atoms with Gasteiger partial charge in [0, 0.05) is 18.8 Å². The van der Waals surface area contributed by atoms with E-state index < -0.39 is 0 Å². The third-order valence-electron chi connectivity index (χ3n) is 2.52. The smallest absolute Gasteiger partial charge is 0.226 e. The van der Waals surface area contributed by atoms with Crippen LogP contribution in [0.3, 0.4) is 0 Å². The maximum atomic E-state index is 5.89. The zero-order chi connectivity index (χ0) is 12.7. The van der Waals surface area contributed by atoms with E-state index in [0.717, 1.165) is 11.1 Å². The molecule has 3 rings (SSSR count). The van der Waals surface area contributed by atoms with Crippen LogP contribution in [0.2, 0.25) is 5.28 Å². The molecule has 0 bridgehead atoms. The molecule has 0 aromatic carbocycles. The number of aromatic nitrogens is 6. The molecule has 0 spiro atoms. The van der Waals surface area contributed by atoms with Crippen molar-refractivity contribution in [2.45, 2.75) is 6.92 Å². The largest absolute Gasteiger partial charge is 0.323 e. The molecule has 0 aliphatic heterocycles. The minimum Gasteiger partial charge on any atom is -0.323 e. The fraction of sp³-hybridized carbons (Fsp3) is 0.200. The highest BCUT2D eigenvalue weighted by Gasteiger charge is 2.11. The Labute approximate surface area is 107 Å². The van der Waals surface area contributed by atoms with Crippen molar-refractivity contribution in [2.24, 2.45) is 7.05 Å². The average Bonchev–Trinajstić information content (AvgIpc) is 2.87. The summed E-state index contributed by atoms with van der Waals surface area (Å²) >= 11 is 5.89. The predicted octanol–water partition coefficient (Wildman–Crippen LogP) is 1.79. The van der Waals surface area contributed by atoms with Gasteiger partial charge in [0.2, 0.25) is 5.28 Å². The second-order valence-corrected chi connectivity index (χ2v) is 4.25. The van der Waals surface area contributed by atoms with Gasteiger partial charge in [0.15, 0.2) is 11.5 Å². The van der Waals surface area contributed by atoms with Crippen molar-refractivity contribution < 1.29 is 0 Å². The molecule has 3 aromatic heterocycles. The van der Waals surface area contributed by atoms with Crippen LogP contribution in [0.1, 0.15) is 5.69 Å². The van der Waals surface area contributed by atoms with E-state index in [1.807, 2.05) is 13.0 Å². The van der Waals surface area contributed by atoms with E-state index in [9.17, 15) is 0 Å². The van der Waals surface area contributed by atoms with Crippen LogP contribution in [-0.2, 0) is 7.05 Å². The van der Waals surface area contributed by atoms with E-state index >= 15 is 0 Å². The summed E-state index contributed by atoms with van der Waals surface area (Å²) in [4.78, 5) is 8.28. The lowest BCUT2D eigenvalue weighted by atomic mass is 10.4. The van der Waals surface area contributed by atoms with E-state index in [2.05, 4.69) is 30.6 Å². The van der Waals surface area contributed by atoms with Crippen molar-refractivity contribution in [3.05, 3.63) is 23.2 Å².